The maximum Gasteiger partial charge on any atom is 0.223 e. The predicted octanol–water partition coefficient (Wildman–Crippen LogP) is 2.15. The van der Waals surface area contributed by atoms with Crippen molar-refractivity contribution in [2.24, 2.45) is 0 Å². The Morgan fingerprint density at radius 2 is 2.08 bits per heavy atom. The van der Waals surface area contributed by atoms with Gasteiger partial charge >= 0.3 is 0 Å². The number of carbonyl (C=O) groups is 2. The van der Waals surface area contributed by atoms with Crippen molar-refractivity contribution in [2.45, 2.75) is 19.9 Å². The number of carbonyl (C=O) groups excluding carboxylic acids is 2. The van der Waals surface area contributed by atoms with E-state index in [9.17, 15) is 9.59 Å². The number of ether oxygens (including phenoxy) is 1. The second-order valence-corrected chi connectivity index (χ2v) is 5.26. The molecule has 0 radical (unpaired) electrons. The molecule has 2 aromatic rings. The lowest BCUT2D eigenvalue weighted by molar-refractivity contribution is -0.121. The number of hydrogen-bond acceptors (Lipinski definition) is 4. The van der Waals surface area contributed by atoms with Crippen molar-refractivity contribution in [3.05, 3.63) is 54.4 Å². The Balaban J connectivity index is 1.91. The first kappa shape index (κ1) is 17.5. The number of hydrogen-bond donors (Lipinski definition) is 1. The van der Waals surface area contributed by atoms with Gasteiger partial charge in [0.1, 0.15) is 5.75 Å². The molecule has 126 valence electrons. The Kier molecular flexibility index (Phi) is 6.31. The third-order valence-corrected chi connectivity index (χ3v) is 3.52. The molecule has 2 rings (SSSR count). The molecule has 2 amide bonds. The molecule has 0 saturated carbocycles. The number of amides is 2. The maximum absolute atomic E-state index is 12.0. The lowest BCUT2D eigenvalue weighted by Crippen LogP contribution is -2.33. The van der Waals surface area contributed by atoms with Gasteiger partial charge in [0.15, 0.2) is 0 Å². The Morgan fingerprint density at radius 1 is 1.25 bits per heavy atom. The molecule has 6 nitrogen and oxygen atoms in total. The van der Waals surface area contributed by atoms with E-state index in [0.29, 0.717) is 24.5 Å². The van der Waals surface area contributed by atoms with E-state index in [1.54, 1.807) is 30.5 Å². The van der Waals surface area contributed by atoms with Crippen LogP contribution in [0.4, 0.5) is 5.69 Å². The van der Waals surface area contributed by atoms with E-state index >= 15 is 0 Å². The minimum atomic E-state index is -0.122. The van der Waals surface area contributed by atoms with E-state index in [2.05, 4.69) is 10.3 Å². The molecule has 24 heavy (non-hydrogen) atoms. The SMILES string of the molecule is COc1cccc(N(CCC(=O)NCc2cccnc2)C(C)=O)c1. The number of benzene rings is 1. The van der Waals surface area contributed by atoms with Crippen molar-refractivity contribution < 1.29 is 14.3 Å². The van der Waals surface area contributed by atoms with Crippen molar-refractivity contribution >= 4 is 17.5 Å². The first-order chi connectivity index (χ1) is 11.6. The average Bonchev–Trinajstić information content (AvgIpc) is 2.61. The third-order valence-electron chi connectivity index (χ3n) is 3.52. The highest BCUT2D eigenvalue weighted by Gasteiger charge is 2.14. The van der Waals surface area contributed by atoms with Crippen LogP contribution in [-0.2, 0) is 16.1 Å². The number of pyridine rings is 1. The second kappa shape index (κ2) is 8.67. The standard InChI is InChI=1S/C18H21N3O3/c1-14(22)21(16-6-3-7-17(11-16)24-2)10-8-18(23)20-13-15-5-4-9-19-12-15/h3-7,9,11-12H,8,10,13H2,1-2H3,(H,20,23). The Morgan fingerprint density at radius 3 is 2.75 bits per heavy atom. The molecule has 0 saturated heterocycles. The van der Waals surface area contributed by atoms with Crippen molar-refractivity contribution in [1.29, 1.82) is 0 Å². The largest absolute Gasteiger partial charge is 0.497 e. The van der Waals surface area contributed by atoms with E-state index < -0.39 is 0 Å². The molecule has 0 fully saturated rings. The summed E-state index contributed by atoms with van der Waals surface area (Å²) in [6, 6.07) is 10.9. The number of aromatic nitrogens is 1. The molecule has 0 unspecified atom stereocenters. The first-order valence-electron chi connectivity index (χ1n) is 7.68. The summed E-state index contributed by atoms with van der Waals surface area (Å²) >= 11 is 0. The van der Waals surface area contributed by atoms with Gasteiger partial charge in [-0.2, -0.15) is 0 Å². The number of anilines is 1. The highest BCUT2D eigenvalue weighted by atomic mass is 16.5. The van der Waals surface area contributed by atoms with Crippen molar-refractivity contribution in [3.63, 3.8) is 0 Å². The van der Waals surface area contributed by atoms with Gasteiger partial charge in [0.05, 0.1) is 7.11 Å². The van der Waals surface area contributed by atoms with E-state index in [1.807, 2.05) is 30.3 Å². The molecule has 0 atom stereocenters. The van der Waals surface area contributed by atoms with Gasteiger partial charge in [-0.25, -0.2) is 0 Å². The molecule has 1 N–H and O–H groups in total. The number of nitrogens with zero attached hydrogens (tertiary/aromatic N) is 2. The molecular formula is C18H21N3O3. The third kappa shape index (κ3) is 5.08. The Labute approximate surface area is 141 Å². The minimum absolute atomic E-state index is 0.118. The normalized spacial score (nSPS) is 10.1. The maximum atomic E-state index is 12.0. The van der Waals surface area contributed by atoms with Gasteiger partial charge in [0, 0.05) is 50.6 Å². The molecule has 1 aromatic carbocycles. The minimum Gasteiger partial charge on any atom is -0.497 e. The average molecular weight is 327 g/mol. The van der Waals surface area contributed by atoms with Gasteiger partial charge in [-0.15, -0.1) is 0 Å². The van der Waals surface area contributed by atoms with Gasteiger partial charge in [-0.05, 0) is 23.8 Å². The van der Waals surface area contributed by atoms with E-state index in [0.717, 1.165) is 5.56 Å². The molecular weight excluding hydrogens is 306 g/mol. The van der Waals surface area contributed by atoms with Gasteiger partial charge in [0.25, 0.3) is 0 Å². The van der Waals surface area contributed by atoms with E-state index in [1.165, 1.54) is 6.92 Å². The number of nitrogens with one attached hydrogen (secondary N) is 1. The summed E-state index contributed by atoms with van der Waals surface area (Å²) in [6.07, 6.45) is 3.61. The summed E-state index contributed by atoms with van der Waals surface area (Å²) in [7, 11) is 1.57. The smallest absolute Gasteiger partial charge is 0.223 e. The summed E-state index contributed by atoms with van der Waals surface area (Å²) in [5.41, 5.74) is 1.64. The van der Waals surface area contributed by atoms with Crippen LogP contribution in [0.2, 0.25) is 0 Å². The number of methoxy groups -OCH3 is 1. The van der Waals surface area contributed by atoms with Crippen LogP contribution < -0.4 is 15.0 Å². The molecule has 0 bridgehead atoms. The molecule has 1 aromatic heterocycles. The summed E-state index contributed by atoms with van der Waals surface area (Å²) < 4.78 is 5.17. The summed E-state index contributed by atoms with van der Waals surface area (Å²) in [4.78, 5) is 29.4. The predicted molar refractivity (Wildman–Crippen MR) is 91.7 cm³/mol. The zero-order valence-electron chi connectivity index (χ0n) is 13.9. The quantitative estimate of drug-likeness (QED) is 0.846. The Hall–Kier alpha value is -2.89. The topological polar surface area (TPSA) is 71.5 Å². The Bertz CT molecular complexity index is 689. The van der Waals surface area contributed by atoms with Crippen LogP contribution in [0.1, 0.15) is 18.9 Å². The lowest BCUT2D eigenvalue weighted by atomic mass is 10.2. The first-order valence-corrected chi connectivity index (χ1v) is 7.68. The van der Waals surface area contributed by atoms with Gasteiger partial charge in [-0.1, -0.05) is 12.1 Å². The highest BCUT2D eigenvalue weighted by molar-refractivity contribution is 5.92. The van der Waals surface area contributed by atoms with Gasteiger partial charge < -0.3 is 15.0 Å². The van der Waals surface area contributed by atoms with Crippen LogP contribution in [0.15, 0.2) is 48.8 Å². The second-order valence-electron chi connectivity index (χ2n) is 5.26. The fourth-order valence-corrected chi connectivity index (χ4v) is 2.25. The van der Waals surface area contributed by atoms with Crippen LogP contribution in [0.25, 0.3) is 0 Å². The summed E-state index contributed by atoms with van der Waals surface area (Å²) in [5, 5.41) is 2.83. The molecule has 0 aliphatic carbocycles. The van der Waals surface area contributed by atoms with Crippen molar-refractivity contribution in [2.75, 3.05) is 18.6 Å². The zero-order valence-corrected chi connectivity index (χ0v) is 13.9. The molecule has 1 heterocycles. The van der Waals surface area contributed by atoms with Crippen LogP contribution >= 0.6 is 0 Å². The monoisotopic (exact) mass is 327 g/mol. The van der Waals surface area contributed by atoms with E-state index in [-0.39, 0.29) is 18.2 Å². The summed E-state index contributed by atoms with van der Waals surface area (Å²) in [5.74, 6) is 0.427. The molecule has 0 aliphatic heterocycles. The van der Waals surface area contributed by atoms with Crippen molar-refractivity contribution in [1.82, 2.24) is 10.3 Å². The summed E-state index contributed by atoms with van der Waals surface area (Å²) in [6.45, 7) is 2.21. The lowest BCUT2D eigenvalue weighted by Gasteiger charge is -2.21. The van der Waals surface area contributed by atoms with Crippen LogP contribution in [0.5, 0.6) is 5.75 Å². The van der Waals surface area contributed by atoms with Crippen LogP contribution in [-0.4, -0.2) is 30.5 Å². The van der Waals surface area contributed by atoms with E-state index in [4.69, 9.17) is 4.74 Å². The van der Waals surface area contributed by atoms with Gasteiger partial charge in [0.2, 0.25) is 11.8 Å². The van der Waals surface area contributed by atoms with Crippen LogP contribution in [0.3, 0.4) is 0 Å². The molecule has 0 aliphatic rings. The van der Waals surface area contributed by atoms with Crippen LogP contribution in [0, 0.1) is 0 Å². The van der Waals surface area contributed by atoms with Crippen molar-refractivity contribution in [3.8, 4) is 5.75 Å². The highest BCUT2D eigenvalue weighted by Crippen LogP contribution is 2.21. The molecule has 6 heteroatoms. The molecule has 0 spiro atoms. The van der Waals surface area contributed by atoms with Gasteiger partial charge in [-0.3, -0.25) is 14.6 Å². The zero-order chi connectivity index (χ0) is 17.4. The number of rotatable bonds is 7. The fraction of sp³-hybridized carbons (Fsp3) is 0.278. The fourth-order valence-electron chi connectivity index (χ4n) is 2.25.